The molecule has 3 heteroatoms. The average molecular weight is 199 g/mol. The zero-order valence-electron chi connectivity index (χ0n) is 8.96. The third kappa shape index (κ3) is 1.95. The van der Waals surface area contributed by atoms with Crippen molar-refractivity contribution in [3.05, 3.63) is 0 Å². The Kier molecular flexibility index (Phi) is 3.10. The van der Waals surface area contributed by atoms with Gasteiger partial charge in [-0.15, -0.1) is 0 Å². The number of fused-ring (bicyclic) bond motifs is 2. The summed E-state index contributed by atoms with van der Waals surface area (Å²) in [6, 6.07) is 0. The summed E-state index contributed by atoms with van der Waals surface area (Å²) >= 11 is 0. The quantitative estimate of drug-likeness (QED) is 0.643. The Bertz CT molecular complexity index is 198. The van der Waals surface area contributed by atoms with Crippen molar-refractivity contribution in [1.29, 1.82) is 0 Å². The van der Waals surface area contributed by atoms with Crippen molar-refractivity contribution < 1.29 is 9.84 Å². The zero-order chi connectivity index (χ0) is 10.0. The Balaban J connectivity index is 1.74. The summed E-state index contributed by atoms with van der Waals surface area (Å²) in [4.78, 5) is 0. The van der Waals surface area contributed by atoms with Crippen molar-refractivity contribution >= 4 is 0 Å². The van der Waals surface area contributed by atoms with Crippen molar-refractivity contribution in [2.75, 3.05) is 26.8 Å². The highest BCUT2D eigenvalue weighted by Crippen LogP contribution is 2.50. The smallest absolute Gasteiger partial charge is 0.0802 e. The maximum Gasteiger partial charge on any atom is 0.0802 e. The van der Waals surface area contributed by atoms with Crippen molar-refractivity contribution in [3.63, 3.8) is 0 Å². The van der Waals surface area contributed by atoms with Crippen LogP contribution < -0.4 is 5.32 Å². The van der Waals surface area contributed by atoms with Gasteiger partial charge in [-0.25, -0.2) is 0 Å². The summed E-state index contributed by atoms with van der Waals surface area (Å²) in [5.74, 6) is 1.36. The minimum Gasteiger partial charge on any atom is -0.388 e. The Morgan fingerprint density at radius 3 is 2.93 bits per heavy atom. The molecule has 82 valence electrons. The lowest BCUT2D eigenvalue weighted by Crippen LogP contribution is -2.45. The minimum atomic E-state index is -0.406. The number of hydrogen-bond donors (Lipinski definition) is 2. The fourth-order valence-electron chi connectivity index (χ4n) is 3.11. The van der Waals surface area contributed by atoms with E-state index in [2.05, 4.69) is 5.32 Å². The molecule has 3 atom stereocenters. The van der Waals surface area contributed by atoms with Crippen molar-refractivity contribution in [2.24, 2.45) is 11.8 Å². The summed E-state index contributed by atoms with van der Waals surface area (Å²) in [5.41, 5.74) is -0.406. The van der Waals surface area contributed by atoms with Gasteiger partial charge in [0.15, 0.2) is 0 Å². The van der Waals surface area contributed by atoms with Gasteiger partial charge in [0, 0.05) is 20.2 Å². The third-order valence-electron chi connectivity index (χ3n) is 3.86. The monoisotopic (exact) mass is 199 g/mol. The molecule has 0 radical (unpaired) electrons. The van der Waals surface area contributed by atoms with Gasteiger partial charge < -0.3 is 15.2 Å². The molecule has 2 aliphatic carbocycles. The van der Waals surface area contributed by atoms with E-state index >= 15 is 0 Å². The van der Waals surface area contributed by atoms with E-state index in [1.54, 1.807) is 7.11 Å². The maximum atomic E-state index is 10.4. The molecule has 2 fully saturated rings. The number of rotatable bonds is 5. The van der Waals surface area contributed by atoms with E-state index in [0.29, 0.717) is 5.92 Å². The lowest BCUT2D eigenvalue weighted by atomic mass is 9.84. The molecule has 0 aromatic heterocycles. The van der Waals surface area contributed by atoms with Gasteiger partial charge in [-0.2, -0.15) is 0 Å². The Morgan fingerprint density at radius 2 is 2.36 bits per heavy atom. The van der Waals surface area contributed by atoms with E-state index in [-0.39, 0.29) is 0 Å². The highest BCUT2D eigenvalue weighted by atomic mass is 16.5. The van der Waals surface area contributed by atoms with Crippen LogP contribution in [0.2, 0.25) is 0 Å². The molecule has 0 aromatic rings. The fourth-order valence-corrected chi connectivity index (χ4v) is 3.11. The first-order valence-electron chi connectivity index (χ1n) is 5.66. The van der Waals surface area contributed by atoms with E-state index in [0.717, 1.165) is 32.0 Å². The topological polar surface area (TPSA) is 41.5 Å². The number of methoxy groups -OCH3 is 1. The predicted molar refractivity (Wildman–Crippen MR) is 55.1 cm³/mol. The van der Waals surface area contributed by atoms with Crippen LogP contribution >= 0.6 is 0 Å². The van der Waals surface area contributed by atoms with Gasteiger partial charge in [-0.1, -0.05) is 0 Å². The lowest BCUT2D eigenvalue weighted by Gasteiger charge is -2.32. The third-order valence-corrected chi connectivity index (χ3v) is 3.86. The molecular formula is C11H21NO2. The molecular weight excluding hydrogens is 178 g/mol. The van der Waals surface area contributed by atoms with Crippen LogP contribution in [-0.2, 0) is 4.74 Å². The minimum absolute atomic E-state index is 0.406. The molecule has 2 aliphatic rings. The molecule has 0 saturated heterocycles. The lowest BCUT2D eigenvalue weighted by molar-refractivity contribution is -0.0125. The maximum absolute atomic E-state index is 10.4. The van der Waals surface area contributed by atoms with Crippen LogP contribution in [0.3, 0.4) is 0 Å². The first-order valence-corrected chi connectivity index (χ1v) is 5.66. The number of nitrogens with one attached hydrogen (secondary N) is 1. The summed E-state index contributed by atoms with van der Waals surface area (Å²) in [6.45, 7) is 2.32. The van der Waals surface area contributed by atoms with Crippen LogP contribution in [0.1, 0.15) is 25.7 Å². The van der Waals surface area contributed by atoms with Crippen LogP contribution in [-0.4, -0.2) is 37.5 Å². The van der Waals surface area contributed by atoms with E-state index in [9.17, 15) is 5.11 Å². The van der Waals surface area contributed by atoms with Gasteiger partial charge in [-0.05, 0) is 37.5 Å². The number of aliphatic hydroxyl groups is 1. The molecule has 2 rings (SSSR count). The summed E-state index contributed by atoms with van der Waals surface area (Å²) in [7, 11) is 1.70. The van der Waals surface area contributed by atoms with E-state index in [4.69, 9.17) is 4.74 Å². The number of hydrogen-bond acceptors (Lipinski definition) is 3. The first kappa shape index (κ1) is 10.4. The Labute approximate surface area is 85.8 Å². The van der Waals surface area contributed by atoms with E-state index in [1.807, 2.05) is 0 Å². The van der Waals surface area contributed by atoms with Gasteiger partial charge >= 0.3 is 0 Å². The molecule has 0 aromatic carbocycles. The zero-order valence-corrected chi connectivity index (χ0v) is 8.96. The largest absolute Gasteiger partial charge is 0.388 e. The van der Waals surface area contributed by atoms with Gasteiger partial charge in [0.05, 0.1) is 12.2 Å². The molecule has 0 spiro atoms. The molecule has 0 amide bonds. The van der Waals surface area contributed by atoms with Crippen LogP contribution in [0.15, 0.2) is 0 Å². The first-order chi connectivity index (χ1) is 6.74. The van der Waals surface area contributed by atoms with Crippen LogP contribution in [0, 0.1) is 11.8 Å². The number of ether oxygens (including phenoxy) is 1. The molecule has 0 aliphatic heterocycles. The molecule has 0 heterocycles. The Morgan fingerprint density at radius 1 is 1.50 bits per heavy atom. The molecule has 2 saturated carbocycles. The summed E-state index contributed by atoms with van der Waals surface area (Å²) < 4.78 is 4.96. The Hall–Kier alpha value is -0.120. The van der Waals surface area contributed by atoms with Crippen molar-refractivity contribution in [1.82, 2.24) is 5.32 Å². The second-order valence-electron chi connectivity index (χ2n) is 4.85. The van der Waals surface area contributed by atoms with Gasteiger partial charge in [0.2, 0.25) is 0 Å². The van der Waals surface area contributed by atoms with Crippen molar-refractivity contribution in [3.8, 4) is 0 Å². The fraction of sp³-hybridized carbons (Fsp3) is 1.00. The molecule has 14 heavy (non-hydrogen) atoms. The van der Waals surface area contributed by atoms with Crippen LogP contribution in [0.25, 0.3) is 0 Å². The van der Waals surface area contributed by atoms with E-state index < -0.39 is 5.60 Å². The SMILES string of the molecule is COCCNCC1(O)CC2CCC1C2. The standard InChI is InChI=1S/C11H21NO2/c1-14-5-4-12-8-11(13)7-9-2-3-10(11)6-9/h9-10,12-13H,2-8H2,1H3. The average Bonchev–Trinajstić information content (AvgIpc) is 2.72. The summed E-state index contributed by atoms with van der Waals surface area (Å²) in [6.07, 6.45) is 4.83. The summed E-state index contributed by atoms with van der Waals surface area (Å²) in [5, 5.41) is 13.7. The second-order valence-corrected chi connectivity index (χ2v) is 4.85. The molecule has 2 bridgehead atoms. The highest BCUT2D eigenvalue weighted by Gasteiger charge is 2.49. The van der Waals surface area contributed by atoms with Gasteiger partial charge in [0.1, 0.15) is 0 Å². The normalized spacial score (nSPS) is 40.7. The molecule has 3 nitrogen and oxygen atoms in total. The van der Waals surface area contributed by atoms with E-state index in [1.165, 1.54) is 19.3 Å². The highest BCUT2D eigenvalue weighted by molar-refractivity contribution is 5.02. The van der Waals surface area contributed by atoms with Gasteiger partial charge in [0.25, 0.3) is 0 Å². The van der Waals surface area contributed by atoms with Crippen LogP contribution in [0.4, 0.5) is 0 Å². The van der Waals surface area contributed by atoms with Crippen molar-refractivity contribution in [2.45, 2.75) is 31.3 Å². The van der Waals surface area contributed by atoms with Gasteiger partial charge in [-0.3, -0.25) is 0 Å². The van der Waals surface area contributed by atoms with Crippen LogP contribution in [0.5, 0.6) is 0 Å². The molecule has 3 unspecified atom stereocenters. The second kappa shape index (κ2) is 4.17. The molecule has 2 N–H and O–H groups in total. The predicted octanol–water partition coefficient (Wildman–Crippen LogP) is 0.773.